The van der Waals surface area contributed by atoms with Crippen LogP contribution in [0.4, 0.5) is 5.69 Å². The maximum absolute atomic E-state index is 11.6. The number of aryl methyl sites for hydroxylation is 1. The zero-order valence-corrected chi connectivity index (χ0v) is 16.4. The number of anilines is 1. The summed E-state index contributed by atoms with van der Waals surface area (Å²) >= 11 is 11.5. The Morgan fingerprint density at radius 2 is 1.92 bits per heavy atom. The van der Waals surface area contributed by atoms with Gasteiger partial charge in [-0.3, -0.25) is 0 Å². The fourth-order valence-electron chi connectivity index (χ4n) is 2.15. The van der Waals surface area contributed by atoms with Crippen molar-refractivity contribution < 1.29 is 14.3 Å². The Morgan fingerprint density at radius 1 is 1.23 bits per heavy atom. The molecule has 26 heavy (non-hydrogen) atoms. The quantitative estimate of drug-likeness (QED) is 0.567. The number of thiocarbonyl (C=S) groups is 1. The lowest BCUT2D eigenvalue weighted by atomic mass is 10.2. The lowest BCUT2D eigenvalue weighted by Crippen LogP contribution is -2.39. The molecule has 0 aliphatic rings. The lowest BCUT2D eigenvalue weighted by molar-refractivity contribution is 0.0601. The molecule has 0 unspecified atom stereocenters. The van der Waals surface area contributed by atoms with E-state index in [1.54, 1.807) is 18.2 Å². The van der Waals surface area contributed by atoms with Crippen molar-refractivity contribution in [3.63, 3.8) is 0 Å². The summed E-state index contributed by atoms with van der Waals surface area (Å²) in [4.78, 5) is 11.6. The van der Waals surface area contributed by atoms with Crippen molar-refractivity contribution in [2.45, 2.75) is 19.9 Å². The van der Waals surface area contributed by atoms with Crippen molar-refractivity contribution in [1.29, 1.82) is 0 Å². The SMILES string of the molecule is COC(=O)c1ccc(Cl)c(NC(=S)N[C@H](C)COc2ccc(C)cc2)c1. The van der Waals surface area contributed by atoms with Crippen molar-refractivity contribution in [2.24, 2.45) is 0 Å². The Morgan fingerprint density at radius 3 is 2.58 bits per heavy atom. The zero-order chi connectivity index (χ0) is 19.1. The summed E-state index contributed by atoms with van der Waals surface area (Å²) in [6.45, 7) is 4.42. The molecule has 0 aromatic heterocycles. The minimum absolute atomic E-state index is 0.0288. The van der Waals surface area contributed by atoms with Gasteiger partial charge in [-0.15, -0.1) is 0 Å². The largest absolute Gasteiger partial charge is 0.491 e. The molecule has 0 aliphatic carbocycles. The van der Waals surface area contributed by atoms with Crippen LogP contribution in [0.2, 0.25) is 5.02 Å². The van der Waals surface area contributed by atoms with E-state index in [-0.39, 0.29) is 6.04 Å². The van der Waals surface area contributed by atoms with Gasteiger partial charge in [0.1, 0.15) is 12.4 Å². The predicted octanol–water partition coefficient (Wildman–Crippen LogP) is 4.19. The molecule has 0 radical (unpaired) electrons. The topological polar surface area (TPSA) is 59.6 Å². The van der Waals surface area contributed by atoms with E-state index in [4.69, 9.17) is 33.3 Å². The minimum atomic E-state index is -0.441. The molecule has 7 heteroatoms. The van der Waals surface area contributed by atoms with Crippen LogP contribution in [0.15, 0.2) is 42.5 Å². The van der Waals surface area contributed by atoms with E-state index < -0.39 is 5.97 Å². The molecule has 2 aromatic carbocycles. The number of methoxy groups -OCH3 is 1. The van der Waals surface area contributed by atoms with E-state index in [1.807, 2.05) is 38.1 Å². The smallest absolute Gasteiger partial charge is 0.337 e. The van der Waals surface area contributed by atoms with Gasteiger partial charge < -0.3 is 20.1 Å². The van der Waals surface area contributed by atoms with Crippen LogP contribution >= 0.6 is 23.8 Å². The van der Waals surface area contributed by atoms with Gasteiger partial charge in [-0.2, -0.15) is 0 Å². The molecule has 2 N–H and O–H groups in total. The number of hydrogen-bond donors (Lipinski definition) is 2. The molecule has 0 spiro atoms. The first-order valence-corrected chi connectivity index (χ1v) is 8.82. The third kappa shape index (κ3) is 5.89. The second-order valence-electron chi connectivity index (χ2n) is 5.81. The fourth-order valence-corrected chi connectivity index (χ4v) is 2.62. The number of esters is 1. The first-order chi connectivity index (χ1) is 12.4. The molecule has 0 saturated heterocycles. The monoisotopic (exact) mass is 392 g/mol. The first-order valence-electron chi connectivity index (χ1n) is 8.04. The number of benzene rings is 2. The fraction of sp³-hybridized carbons (Fsp3) is 0.263. The van der Waals surface area contributed by atoms with Crippen LogP contribution in [0.1, 0.15) is 22.8 Å². The molecule has 1 atom stereocenters. The third-order valence-electron chi connectivity index (χ3n) is 3.53. The van der Waals surface area contributed by atoms with Gasteiger partial charge in [-0.05, 0) is 56.4 Å². The minimum Gasteiger partial charge on any atom is -0.491 e. The van der Waals surface area contributed by atoms with Crippen LogP contribution in [0.3, 0.4) is 0 Å². The molecule has 0 heterocycles. The average molecular weight is 393 g/mol. The van der Waals surface area contributed by atoms with Gasteiger partial charge in [0.05, 0.1) is 29.4 Å². The van der Waals surface area contributed by atoms with Crippen molar-refractivity contribution >= 4 is 40.6 Å². The van der Waals surface area contributed by atoms with Gasteiger partial charge in [-0.1, -0.05) is 29.3 Å². The highest BCUT2D eigenvalue weighted by Crippen LogP contribution is 2.23. The number of ether oxygens (including phenoxy) is 2. The molecular formula is C19H21ClN2O3S. The van der Waals surface area contributed by atoms with E-state index in [1.165, 1.54) is 12.7 Å². The Kier molecular flexibility index (Phi) is 7.24. The van der Waals surface area contributed by atoms with Crippen LogP contribution in [0.25, 0.3) is 0 Å². The zero-order valence-electron chi connectivity index (χ0n) is 14.8. The summed E-state index contributed by atoms with van der Waals surface area (Å²) in [5, 5.41) is 6.94. The van der Waals surface area contributed by atoms with Crippen LogP contribution < -0.4 is 15.4 Å². The first kappa shape index (κ1) is 20.0. The van der Waals surface area contributed by atoms with E-state index in [9.17, 15) is 4.79 Å². The predicted molar refractivity (Wildman–Crippen MR) is 108 cm³/mol. The maximum atomic E-state index is 11.6. The lowest BCUT2D eigenvalue weighted by Gasteiger charge is -2.18. The van der Waals surface area contributed by atoms with E-state index in [0.29, 0.717) is 28.0 Å². The number of nitrogens with one attached hydrogen (secondary N) is 2. The van der Waals surface area contributed by atoms with Crippen LogP contribution in [0.5, 0.6) is 5.75 Å². The standard InChI is InChI=1S/C19H21ClN2O3S/c1-12-4-7-15(8-5-12)25-11-13(2)21-19(26)22-17-10-14(18(23)24-3)6-9-16(17)20/h4-10,13H,11H2,1-3H3,(H2,21,22,26)/t13-/m1/s1. The second kappa shape index (κ2) is 9.40. The van der Waals surface area contributed by atoms with Crippen LogP contribution in [0, 0.1) is 6.92 Å². The molecule has 0 saturated carbocycles. The molecule has 0 aliphatic heterocycles. The molecule has 138 valence electrons. The number of halogens is 1. The number of carbonyl (C=O) groups is 1. The third-order valence-corrected chi connectivity index (χ3v) is 4.08. The summed E-state index contributed by atoms with van der Waals surface area (Å²) in [7, 11) is 1.33. The molecule has 0 fully saturated rings. The van der Waals surface area contributed by atoms with Gasteiger partial charge in [0.25, 0.3) is 0 Å². The number of hydrogen-bond acceptors (Lipinski definition) is 4. The van der Waals surface area contributed by atoms with Crippen LogP contribution in [-0.4, -0.2) is 30.8 Å². The van der Waals surface area contributed by atoms with Gasteiger partial charge in [0.15, 0.2) is 5.11 Å². The van der Waals surface area contributed by atoms with Gasteiger partial charge >= 0.3 is 5.97 Å². The molecule has 5 nitrogen and oxygen atoms in total. The van der Waals surface area contributed by atoms with Gasteiger partial charge in [-0.25, -0.2) is 4.79 Å². The summed E-state index contributed by atoms with van der Waals surface area (Å²) in [6, 6.07) is 12.6. The second-order valence-corrected chi connectivity index (χ2v) is 6.63. The van der Waals surface area contributed by atoms with E-state index >= 15 is 0 Å². The van der Waals surface area contributed by atoms with Crippen molar-refractivity contribution in [3.05, 3.63) is 58.6 Å². The van der Waals surface area contributed by atoms with Crippen molar-refractivity contribution in [1.82, 2.24) is 5.32 Å². The summed E-state index contributed by atoms with van der Waals surface area (Å²) < 4.78 is 10.4. The highest BCUT2D eigenvalue weighted by Gasteiger charge is 2.11. The average Bonchev–Trinajstić information content (AvgIpc) is 2.62. The molecule has 0 bridgehead atoms. The Hall–Kier alpha value is -2.31. The maximum Gasteiger partial charge on any atom is 0.337 e. The molecule has 2 rings (SSSR count). The summed E-state index contributed by atoms with van der Waals surface area (Å²) in [6.07, 6.45) is 0. The van der Waals surface area contributed by atoms with Crippen molar-refractivity contribution in [2.75, 3.05) is 19.0 Å². The Bertz CT molecular complexity index is 781. The van der Waals surface area contributed by atoms with Gasteiger partial charge in [0, 0.05) is 0 Å². The number of rotatable bonds is 6. The Balaban J connectivity index is 1.89. The highest BCUT2D eigenvalue weighted by molar-refractivity contribution is 7.80. The van der Waals surface area contributed by atoms with Gasteiger partial charge in [0.2, 0.25) is 0 Å². The van der Waals surface area contributed by atoms with E-state index in [2.05, 4.69) is 10.6 Å². The summed E-state index contributed by atoms with van der Waals surface area (Å²) in [5.41, 5.74) is 2.09. The molecule has 0 amide bonds. The normalized spacial score (nSPS) is 11.4. The van der Waals surface area contributed by atoms with Crippen molar-refractivity contribution in [3.8, 4) is 5.75 Å². The molecular weight excluding hydrogens is 372 g/mol. The summed E-state index contributed by atoms with van der Waals surface area (Å²) in [5.74, 6) is 0.361. The van der Waals surface area contributed by atoms with E-state index in [0.717, 1.165) is 5.75 Å². The highest BCUT2D eigenvalue weighted by atomic mass is 35.5. The van der Waals surface area contributed by atoms with Crippen LogP contribution in [-0.2, 0) is 4.74 Å². The molecule has 2 aromatic rings. The Labute approximate surface area is 163 Å². The number of carbonyl (C=O) groups excluding carboxylic acids is 1.